The summed E-state index contributed by atoms with van der Waals surface area (Å²) in [5.74, 6) is 0. The first-order valence-electron chi connectivity index (χ1n) is 11.6. The molecule has 1 rings (SSSR count). The van der Waals surface area contributed by atoms with E-state index in [1.807, 2.05) is 30.3 Å². The lowest BCUT2D eigenvalue weighted by atomic mass is 10.0. The number of rotatable bonds is 18. The predicted octanol–water partition coefficient (Wildman–Crippen LogP) is 6.09. The summed E-state index contributed by atoms with van der Waals surface area (Å²) in [4.78, 5) is 29.9. The molecule has 1 aromatic carbocycles. The summed E-state index contributed by atoms with van der Waals surface area (Å²) in [7, 11) is -4.51. The van der Waals surface area contributed by atoms with Crippen molar-refractivity contribution < 1.29 is 28.4 Å². The van der Waals surface area contributed by atoms with Crippen LogP contribution in [0.1, 0.15) is 89.5 Å². The Kier molecular flexibility index (Phi) is 15.3. The highest BCUT2D eigenvalue weighted by Crippen LogP contribution is 2.35. The van der Waals surface area contributed by atoms with E-state index in [-0.39, 0.29) is 19.3 Å². The molecule has 0 saturated carbocycles. The van der Waals surface area contributed by atoms with Gasteiger partial charge in [-0.3, -0.25) is 4.52 Å². The molecule has 0 spiro atoms. The fourth-order valence-electron chi connectivity index (χ4n) is 3.41. The van der Waals surface area contributed by atoms with Crippen molar-refractivity contribution in [3.8, 4) is 0 Å². The van der Waals surface area contributed by atoms with Gasteiger partial charge >= 0.3 is 13.9 Å². The van der Waals surface area contributed by atoms with Crippen molar-refractivity contribution in [2.75, 3.05) is 6.61 Å². The molecule has 1 amide bonds. The molecule has 0 aliphatic rings. The number of ether oxygens (including phenoxy) is 1. The third-order valence-electron chi connectivity index (χ3n) is 5.17. The molecule has 0 radical (unpaired) electrons. The molecule has 178 valence electrons. The molecule has 1 atom stereocenters. The highest BCUT2D eigenvalue weighted by atomic mass is 31.2. The van der Waals surface area contributed by atoms with E-state index in [2.05, 4.69) is 16.8 Å². The number of carbonyl (C=O) groups is 1. The number of phosphoric acid groups is 1. The van der Waals surface area contributed by atoms with Gasteiger partial charge in [-0.05, 0) is 18.4 Å². The Labute approximate surface area is 187 Å². The van der Waals surface area contributed by atoms with E-state index >= 15 is 0 Å². The largest absolute Gasteiger partial charge is 0.469 e. The Hall–Kier alpha value is -1.40. The number of amides is 1. The van der Waals surface area contributed by atoms with E-state index in [0.717, 1.165) is 31.2 Å². The summed E-state index contributed by atoms with van der Waals surface area (Å²) in [6, 6.07) is 9.16. The molecule has 8 heteroatoms. The average Bonchev–Trinajstić information content (AvgIpc) is 2.73. The molecular weight excluding hydrogens is 417 g/mol. The smallest absolute Gasteiger partial charge is 0.445 e. The van der Waals surface area contributed by atoms with Gasteiger partial charge in [0.2, 0.25) is 0 Å². The lowest BCUT2D eigenvalue weighted by Crippen LogP contribution is -2.36. The number of nitrogens with one attached hydrogen (secondary N) is 1. The average molecular weight is 458 g/mol. The van der Waals surface area contributed by atoms with Crippen LogP contribution < -0.4 is 5.32 Å². The summed E-state index contributed by atoms with van der Waals surface area (Å²) >= 11 is 0. The van der Waals surface area contributed by atoms with Gasteiger partial charge in [-0.2, -0.15) is 0 Å². The molecule has 1 aromatic rings. The van der Waals surface area contributed by atoms with Crippen LogP contribution in [0.3, 0.4) is 0 Å². The summed E-state index contributed by atoms with van der Waals surface area (Å²) in [6.45, 7) is 2.28. The fourth-order valence-corrected chi connectivity index (χ4v) is 3.76. The van der Waals surface area contributed by atoms with E-state index in [4.69, 9.17) is 14.5 Å². The maximum atomic E-state index is 12.1. The Morgan fingerprint density at radius 1 is 0.935 bits per heavy atom. The highest BCUT2D eigenvalue weighted by Gasteiger charge is 2.17. The Morgan fingerprint density at radius 3 is 2.10 bits per heavy atom. The number of carbonyl (C=O) groups excluding carboxylic acids is 1. The molecule has 3 N–H and O–H groups in total. The third kappa shape index (κ3) is 16.9. The molecule has 0 fully saturated rings. The number of hydrogen-bond donors (Lipinski definition) is 3. The quantitative estimate of drug-likeness (QED) is 0.182. The minimum atomic E-state index is -4.51. The van der Waals surface area contributed by atoms with Gasteiger partial charge in [0, 0.05) is 6.04 Å². The SMILES string of the molecule is CCCCCCCCCCCCC(CCOP(=O)(O)O)NC(=O)OCc1ccccc1. The number of unbranched alkanes of at least 4 members (excludes halogenated alkanes) is 9. The van der Waals surface area contributed by atoms with Crippen LogP contribution in [0.2, 0.25) is 0 Å². The zero-order valence-electron chi connectivity index (χ0n) is 18.8. The van der Waals surface area contributed by atoms with E-state index in [1.54, 1.807) is 0 Å². The van der Waals surface area contributed by atoms with Crippen LogP contribution in [0, 0.1) is 0 Å². The Morgan fingerprint density at radius 2 is 1.52 bits per heavy atom. The van der Waals surface area contributed by atoms with Gasteiger partial charge in [0.05, 0.1) is 6.61 Å². The minimum absolute atomic E-state index is 0.119. The van der Waals surface area contributed by atoms with Gasteiger partial charge in [-0.1, -0.05) is 101 Å². The molecule has 7 nitrogen and oxygen atoms in total. The standard InChI is InChI=1S/C23H40NO6P/c1-2-3-4-5-6-7-8-9-10-14-17-22(18-19-30-31(26,27)28)24-23(25)29-20-21-15-12-11-13-16-21/h11-13,15-16,22H,2-10,14,17-20H2,1H3,(H,24,25)(H2,26,27,28). The van der Waals surface area contributed by atoms with E-state index in [0.29, 0.717) is 6.42 Å². The van der Waals surface area contributed by atoms with Crippen molar-refractivity contribution in [1.29, 1.82) is 0 Å². The number of hydrogen-bond acceptors (Lipinski definition) is 4. The normalized spacial score (nSPS) is 12.5. The first-order chi connectivity index (χ1) is 14.9. The molecule has 31 heavy (non-hydrogen) atoms. The molecule has 0 aliphatic heterocycles. The number of benzene rings is 1. The first-order valence-corrected chi connectivity index (χ1v) is 13.1. The van der Waals surface area contributed by atoms with Crippen LogP contribution in [-0.2, 0) is 20.4 Å². The van der Waals surface area contributed by atoms with Crippen LogP contribution in [0.15, 0.2) is 30.3 Å². The predicted molar refractivity (Wildman–Crippen MR) is 123 cm³/mol. The topological polar surface area (TPSA) is 105 Å². The maximum absolute atomic E-state index is 12.1. The molecule has 0 saturated heterocycles. The van der Waals surface area contributed by atoms with Crippen molar-refractivity contribution in [1.82, 2.24) is 5.32 Å². The fraction of sp³-hybridized carbons (Fsp3) is 0.696. The first kappa shape index (κ1) is 27.6. The summed E-state index contributed by atoms with van der Waals surface area (Å²) in [5, 5.41) is 2.81. The second-order valence-electron chi connectivity index (χ2n) is 7.99. The van der Waals surface area contributed by atoms with Gasteiger partial charge in [0.1, 0.15) is 6.61 Å². The number of alkyl carbamates (subject to hydrolysis) is 1. The van der Waals surface area contributed by atoms with Crippen molar-refractivity contribution >= 4 is 13.9 Å². The monoisotopic (exact) mass is 457 g/mol. The summed E-state index contributed by atoms with van der Waals surface area (Å²) in [5.41, 5.74) is 0.897. The lowest BCUT2D eigenvalue weighted by Gasteiger charge is -2.19. The van der Waals surface area contributed by atoms with Crippen LogP contribution in [-0.4, -0.2) is 28.5 Å². The second-order valence-corrected chi connectivity index (χ2v) is 9.23. The van der Waals surface area contributed by atoms with E-state index in [1.165, 1.54) is 44.9 Å². The van der Waals surface area contributed by atoms with Gasteiger partial charge in [-0.15, -0.1) is 0 Å². The molecule has 0 aliphatic carbocycles. The Bertz CT molecular complexity index is 622. The van der Waals surface area contributed by atoms with Crippen LogP contribution in [0.25, 0.3) is 0 Å². The summed E-state index contributed by atoms with van der Waals surface area (Å²) in [6.07, 6.45) is 12.8. The highest BCUT2D eigenvalue weighted by molar-refractivity contribution is 7.46. The van der Waals surface area contributed by atoms with Gasteiger partial charge in [-0.25, -0.2) is 9.36 Å². The second kappa shape index (κ2) is 17.2. The molecule has 0 bridgehead atoms. The zero-order valence-corrected chi connectivity index (χ0v) is 19.7. The Balaban J connectivity index is 2.27. The molecule has 0 aromatic heterocycles. The number of phosphoric ester groups is 1. The van der Waals surface area contributed by atoms with Gasteiger partial charge < -0.3 is 19.8 Å². The van der Waals surface area contributed by atoms with Crippen molar-refractivity contribution in [2.45, 2.75) is 96.6 Å². The zero-order chi connectivity index (χ0) is 22.8. The molecule has 0 heterocycles. The van der Waals surface area contributed by atoms with Crippen molar-refractivity contribution in [3.05, 3.63) is 35.9 Å². The lowest BCUT2D eigenvalue weighted by molar-refractivity contribution is 0.131. The van der Waals surface area contributed by atoms with Crippen LogP contribution in [0.4, 0.5) is 4.79 Å². The minimum Gasteiger partial charge on any atom is -0.445 e. The maximum Gasteiger partial charge on any atom is 0.469 e. The van der Waals surface area contributed by atoms with E-state index in [9.17, 15) is 9.36 Å². The molecule has 1 unspecified atom stereocenters. The van der Waals surface area contributed by atoms with Crippen molar-refractivity contribution in [2.24, 2.45) is 0 Å². The van der Waals surface area contributed by atoms with Crippen LogP contribution >= 0.6 is 7.82 Å². The van der Waals surface area contributed by atoms with Gasteiger partial charge in [0.15, 0.2) is 0 Å². The van der Waals surface area contributed by atoms with E-state index < -0.39 is 13.9 Å². The molecular formula is C23H40NO6P. The van der Waals surface area contributed by atoms with Gasteiger partial charge in [0.25, 0.3) is 0 Å². The van der Waals surface area contributed by atoms with Crippen LogP contribution in [0.5, 0.6) is 0 Å². The summed E-state index contributed by atoms with van der Waals surface area (Å²) < 4.78 is 20.7. The third-order valence-corrected chi connectivity index (χ3v) is 5.69. The van der Waals surface area contributed by atoms with Crippen molar-refractivity contribution in [3.63, 3.8) is 0 Å².